The number of nitrogens with two attached hydrogens (primary N) is 1. The fourth-order valence-corrected chi connectivity index (χ4v) is 10.5. The van der Waals surface area contributed by atoms with Gasteiger partial charge in [-0.1, -0.05) is 73.5 Å². The molecule has 340 valence electrons. The Balaban J connectivity index is 1.15. The third kappa shape index (κ3) is 11.4. The third-order valence-corrected chi connectivity index (χ3v) is 14.2. The van der Waals surface area contributed by atoms with Gasteiger partial charge in [0.15, 0.2) is 0 Å². The maximum Gasteiger partial charge on any atom is 0.252 e. The van der Waals surface area contributed by atoms with Gasteiger partial charge in [0.2, 0.25) is 17.7 Å². The lowest BCUT2D eigenvalue weighted by molar-refractivity contribution is -0.142. The van der Waals surface area contributed by atoms with Crippen LogP contribution in [0, 0.1) is 11.8 Å². The van der Waals surface area contributed by atoms with E-state index in [0.717, 1.165) is 65.0 Å². The lowest BCUT2D eigenvalue weighted by Gasteiger charge is -2.44. The maximum atomic E-state index is 14.7. The predicted octanol–water partition coefficient (Wildman–Crippen LogP) is 0.963. The summed E-state index contributed by atoms with van der Waals surface area (Å²) in [5, 5.41) is 11.9. The van der Waals surface area contributed by atoms with E-state index in [0.29, 0.717) is 52.0 Å². The number of carbonyl (C=O) groups is 4. The van der Waals surface area contributed by atoms with Crippen molar-refractivity contribution < 1.29 is 28.7 Å². The van der Waals surface area contributed by atoms with E-state index < -0.39 is 30.2 Å². The van der Waals surface area contributed by atoms with Crippen molar-refractivity contribution >= 4 is 23.6 Å². The zero-order valence-corrected chi connectivity index (χ0v) is 37.1. The molecule has 6 N–H and O–H groups in total. The molecular formula is C47H71N9O6. The number of carbonyl (C=O) groups excluding carboxylic acids is 4. The van der Waals surface area contributed by atoms with Crippen LogP contribution in [-0.2, 0) is 41.5 Å². The average Bonchev–Trinajstić information content (AvgIpc) is 3.94. The minimum atomic E-state index is -0.970. The molecule has 5 heterocycles. The van der Waals surface area contributed by atoms with Crippen molar-refractivity contribution in [1.82, 2.24) is 40.9 Å². The van der Waals surface area contributed by atoms with E-state index in [1.54, 1.807) is 21.0 Å². The van der Waals surface area contributed by atoms with E-state index in [1.165, 1.54) is 11.1 Å². The van der Waals surface area contributed by atoms with Crippen LogP contribution in [0.1, 0.15) is 56.6 Å². The summed E-state index contributed by atoms with van der Waals surface area (Å²) in [6.45, 7) is 8.52. The second-order valence-corrected chi connectivity index (χ2v) is 18.1. The Morgan fingerprint density at radius 2 is 1.11 bits per heavy atom. The number of nitrogens with one attached hydrogen (secondary N) is 4. The summed E-state index contributed by atoms with van der Waals surface area (Å²) >= 11 is 0. The van der Waals surface area contributed by atoms with Crippen molar-refractivity contribution in [2.45, 2.75) is 107 Å². The molecule has 8 bridgehead atoms. The number of hydrogen-bond donors (Lipinski definition) is 5. The number of likely N-dealkylation sites (tertiary alicyclic amines) is 2. The van der Waals surface area contributed by atoms with Gasteiger partial charge < -0.3 is 41.0 Å². The van der Waals surface area contributed by atoms with Gasteiger partial charge in [-0.3, -0.25) is 34.3 Å². The third-order valence-electron chi connectivity index (χ3n) is 14.2. The first-order valence-corrected chi connectivity index (χ1v) is 23.2. The minimum Gasteiger partial charge on any atom is -0.374 e. The van der Waals surface area contributed by atoms with Crippen LogP contribution in [0.3, 0.4) is 0 Å². The predicted molar refractivity (Wildman–Crippen MR) is 238 cm³/mol. The first kappa shape index (κ1) is 46.0. The van der Waals surface area contributed by atoms with Crippen molar-refractivity contribution in [2.24, 2.45) is 17.6 Å². The number of piperidine rings is 2. The molecule has 5 saturated heterocycles. The summed E-state index contributed by atoms with van der Waals surface area (Å²) in [5.74, 6) is -0.561. The van der Waals surface area contributed by atoms with Crippen LogP contribution in [-0.4, -0.2) is 171 Å². The number of amides is 4. The molecule has 15 nitrogen and oxygen atoms in total. The van der Waals surface area contributed by atoms with Crippen LogP contribution >= 0.6 is 0 Å². The van der Waals surface area contributed by atoms with Crippen LogP contribution in [0.15, 0.2) is 60.7 Å². The van der Waals surface area contributed by atoms with Crippen molar-refractivity contribution in [3.8, 4) is 0 Å². The highest BCUT2D eigenvalue weighted by Crippen LogP contribution is 2.36. The first-order chi connectivity index (χ1) is 30.1. The number of rotatable bonds is 12. The van der Waals surface area contributed by atoms with Crippen LogP contribution in [0.2, 0.25) is 0 Å². The van der Waals surface area contributed by atoms with Crippen molar-refractivity contribution in [3.05, 3.63) is 71.8 Å². The second kappa shape index (κ2) is 22.1. The van der Waals surface area contributed by atoms with Crippen LogP contribution in [0.25, 0.3) is 0 Å². The molecule has 5 aliphatic heterocycles. The van der Waals surface area contributed by atoms with Gasteiger partial charge in [-0.15, -0.1) is 0 Å². The lowest BCUT2D eigenvalue weighted by atomic mass is 9.88. The van der Waals surface area contributed by atoms with Gasteiger partial charge in [0, 0.05) is 76.3 Å². The Morgan fingerprint density at radius 1 is 0.661 bits per heavy atom. The molecule has 0 aliphatic carbocycles. The van der Waals surface area contributed by atoms with E-state index in [1.807, 2.05) is 21.9 Å². The molecule has 3 unspecified atom stereocenters. The molecule has 0 saturated carbocycles. The highest BCUT2D eigenvalue weighted by Gasteiger charge is 2.49. The molecular weight excluding hydrogens is 787 g/mol. The van der Waals surface area contributed by atoms with Gasteiger partial charge in [-0.2, -0.15) is 0 Å². The molecule has 15 heteroatoms. The summed E-state index contributed by atoms with van der Waals surface area (Å²) in [7, 11) is 3.34. The van der Waals surface area contributed by atoms with Gasteiger partial charge in [0.1, 0.15) is 18.2 Å². The molecule has 2 aromatic carbocycles. The van der Waals surface area contributed by atoms with E-state index in [2.05, 4.69) is 79.6 Å². The molecule has 62 heavy (non-hydrogen) atoms. The number of likely N-dealkylation sites (N-methyl/N-ethyl adjacent to an activating group) is 2. The summed E-state index contributed by atoms with van der Waals surface area (Å²) in [6, 6.07) is 18.8. The molecule has 0 radical (unpaired) electrons. The fourth-order valence-electron chi connectivity index (χ4n) is 10.5. The van der Waals surface area contributed by atoms with Crippen LogP contribution in [0.5, 0.6) is 0 Å². The van der Waals surface area contributed by atoms with E-state index in [9.17, 15) is 19.2 Å². The smallest absolute Gasteiger partial charge is 0.252 e. The van der Waals surface area contributed by atoms with E-state index in [-0.39, 0.29) is 53.8 Å². The van der Waals surface area contributed by atoms with E-state index in [4.69, 9.17) is 15.2 Å². The number of benzene rings is 2. The zero-order chi connectivity index (χ0) is 43.6. The van der Waals surface area contributed by atoms with Crippen molar-refractivity contribution in [3.63, 3.8) is 0 Å². The number of ether oxygens (including phenoxy) is 2. The van der Waals surface area contributed by atoms with Gasteiger partial charge in [-0.25, -0.2) is 0 Å². The standard InChI is InChI=1S/C47H71N9O6/c1-32(49-2)44(57)51-37-16-10-11-17-38(52-45(58)43(48)50-3)47(60)56-25-21-36-40(56)29-54(23-19-34-14-8-5-9-15-34)31-42(36)62-27-26-61-41-30-53(22-18-33-12-6-4-7-13-33)28-39-35(41)20-24-55(39)46(37)59/h4-9,12-15,32,35-43,49-50H,10-11,16-31,48H2,1-3H3,(H,51,57)(H,52,58)/t32-,35+,36+,37?,38-,39+,40+,41?,42?,43+/m0/s1. The Morgan fingerprint density at radius 3 is 1.55 bits per heavy atom. The average molecular weight is 858 g/mol. The van der Waals surface area contributed by atoms with Gasteiger partial charge in [-0.05, 0) is 70.7 Å². The van der Waals surface area contributed by atoms with Crippen LogP contribution < -0.4 is 27.0 Å². The largest absolute Gasteiger partial charge is 0.374 e. The Hall–Kier alpha value is -3.96. The highest BCUT2D eigenvalue weighted by atomic mass is 16.5. The summed E-state index contributed by atoms with van der Waals surface area (Å²) in [6.07, 6.45) is 4.21. The highest BCUT2D eigenvalue weighted by molar-refractivity contribution is 5.90. The Labute approximate surface area is 368 Å². The molecule has 0 spiro atoms. The minimum absolute atomic E-state index is 0.0555. The normalized spacial score (nSPS) is 30.1. The lowest BCUT2D eigenvalue weighted by Crippen LogP contribution is -2.60. The summed E-state index contributed by atoms with van der Waals surface area (Å²) in [5.41, 5.74) is 8.63. The van der Waals surface area contributed by atoms with Crippen molar-refractivity contribution in [2.75, 3.05) is 79.7 Å². The topological polar surface area (TPSA) is 174 Å². The Bertz CT molecular complexity index is 1650. The molecule has 7 rings (SSSR count). The van der Waals surface area contributed by atoms with Gasteiger partial charge in [0.25, 0.3) is 5.91 Å². The molecule has 0 aromatic heterocycles. The van der Waals surface area contributed by atoms with Crippen molar-refractivity contribution in [1.29, 1.82) is 0 Å². The summed E-state index contributed by atoms with van der Waals surface area (Å²) in [4.78, 5) is 64.9. The monoisotopic (exact) mass is 858 g/mol. The fraction of sp³-hybridized carbons (Fsp3) is 0.660. The van der Waals surface area contributed by atoms with Gasteiger partial charge >= 0.3 is 0 Å². The number of nitrogens with zero attached hydrogens (tertiary/aromatic N) is 4. The molecule has 2 aromatic rings. The molecule has 10 atom stereocenters. The second-order valence-electron chi connectivity index (χ2n) is 18.1. The molecule has 4 amide bonds. The first-order valence-electron chi connectivity index (χ1n) is 23.2. The quantitative estimate of drug-likeness (QED) is 0.193. The zero-order valence-electron chi connectivity index (χ0n) is 37.1. The van der Waals surface area contributed by atoms with Crippen LogP contribution in [0.4, 0.5) is 0 Å². The SMILES string of the molecule is CN[C@@H](C)C(=O)NC1CCCC[C@H](NC(=O)[C@H](N)NC)C(=O)N2CC[C@H]3C(CN(CCc4ccccc4)C[C@H]32)OCCOC2CN(CCc3ccccc3)C[C@@H]3[C@H]2CCN3C1=O. The van der Waals surface area contributed by atoms with Gasteiger partial charge in [0.05, 0.1) is 31.5 Å². The molecule has 5 fully saturated rings. The molecule has 5 aliphatic rings. The van der Waals surface area contributed by atoms with E-state index >= 15 is 0 Å². The maximum absolute atomic E-state index is 14.7. The number of hydrogen-bond acceptors (Lipinski definition) is 11. The Kier molecular flexibility index (Phi) is 16.4. The summed E-state index contributed by atoms with van der Waals surface area (Å²) < 4.78 is 13.6.